The highest BCUT2D eigenvalue weighted by Crippen LogP contribution is 2.01. The Hall–Kier alpha value is -1.12. The molecule has 0 saturated carbocycles. The summed E-state index contributed by atoms with van der Waals surface area (Å²) in [5.41, 5.74) is 1.01. The van der Waals surface area contributed by atoms with Gasteiger partial charge >= 0.3 is 0 Å². The minimum absolute atomic E-state index is 0.0187. The lowest BCUT2D eigenvalue weighted by molar-refractivity contribution is 0.0936. The fraction of sp³-hybridized carbons (Fsp3) is 0.556. The van der Waals surface area contributed by atoms with Crippen molar-refractivity contribution in [3.05, 3.63) is 18.2 Å². The highest BCUT2D eigenvalue weighted by atomic mass is 16.1. The molecule has 0 spiro atoms. The van der Waals surface area contributed by atoms with Crippen LogP contribution < -0.4 is 0 Å². The van der Waals surface area contributed by atoms with Crippen LogP contribution in [0.3, 0.4) is 0 Å². The molecule has 3 heteroatoms. The third kappa shape index (κ3) is 2.19. The van der Waals surface area contributed by atoms with Crippen molar-refractivity contribution in [2.24, 2.45) is 0 Å². The number of unbranched alkanes of at least 4 members (excludes halogenated alkanes) is 1. The molecule has 1 aromatic rings. The second-order valence-electron chi connectivity index (χ2n) is 2.89. The molecule has 0 aliphatic heterocycles. The van der Waals surface area contributed by atoms with E-state index in [0.29, 0.717) is 0 Å². The van der Waals surface area contributed by atoms with Gasteiger partial charge in [-0.15, -0.1) is 0 Å². The van der Waals surface area contributed by atoms with Gasteiger partial charge in [0.2, 0.25) is 5.91 Å². The van der Waals surface area contributed by atoms with Crippen LogP contribution in [0, 0.1) is 0 Å². The second kappa shape index (κ2) is 4.04. The maximum absolute atomic E-state index is 10.9. The van der Waals surface area contributed by atoms with Crippen LogP contribution in [0.5, 0.6) is 0 Å². The van der Waals surface area contributed by atoms with Crippen LogP contribution >= 0.6 is 0 Å². The first-order valence-electron chi connectivity index (χ1n) is 4.28. The van der Waals surface area contributed by atoms with E-state index in [-0.39, 0.29) is 5.91 Å². The SMILES string of the molecule is CCCCc1cn(C(C)=O)cn1. The van der Waals surface area contributed by atoms with Gasteiger partial charge in [0, 0.05) is 13.1 Å². The molecule has 12 heavy (non-hydrogen) atoms. The van der Waals surface area contributed by atoms with Gasteiger partial charge in [-0.05, 0) is 12.8 Å². The van der Waals surface area contributed by atoms with E-state index in [4.69, 9.17) is 0 Å². The number of carbonyl (C=O) groups excluding carboxylic acids is 1. The molecule has 0 saturated heterocycles. The van der Waals surface area contributed by atoms with Crippen LogP contribution in [-0.4, -0.2) is 15.5 Å². The minimum Gasteiger partial charge on any atom is -0.276 e. The molecule has 0 amide bonds. The van der Waals surface area contributed by atoms with Gasteiger partial charge in [-0.1, -0.05) is 13.3 Å². The molecule has 3 nitrogen and oxygen atoms in total. The molecule has 1 aromatic heterocycles. The van der Waals surface area contributed by atoms with E-state index in [1.807, 2.05) is 0 Å². The topological polar surface area (TPSA) is 34.9 Å². The van der Waals surface area contributed by atoms with Gasteiger partial charge in [0.25, 0.3) is 0 Å². The number of hydrogen-bond donors (Lipinski definition) is 0. The Bertz CT molecular complexity index is 265. The quantitative estimate of drug-likeness (QED) is 0.687. The van der Waals surface area contributed by atoms with Gasteiger partial charge in [0.1, 0.15) is 6.33 Å². The zero-order valence-corrected chi connectivity index (χ0v) is 7.58. The summed E-state index contributed by atoms with van der Waals surface area (Å²) in [5, 5.41) is 0. The molecule has 0 bridgehead atoms. The minimum atomic E-state index is 0.0187. The molecule has 1 rings (SSSR count). The second-order valence-corrected chi connectivity index (χ2v) is 2.89. The predicted octanol–water partition coefficient (Wildman–Crippen LogP) is 1.89. The Labute approximate surface area is 72.4 Å². The monoisotopic (exact) mass is 166 g/mol. The maximum atomic E-state index is 10.9. The van der Waals surface area contributed by atoms with E-state index < -0.39 is 0 Å². The number of aryl methyl sites for hydroxylation is 1. The third-order valence-corrected chi connectivity index (χ3v) is 1.79. The Morgan fingerprint density at radius 2 is 2.42 bits per heavy atom. The molecule has 66 valence electrons. The van der Waals surface area contributed by atoms with Crippen molar-refractivity contribution in [2.45, 2.75) is 33.1 Å². The van der Waals surface area contributed by atoms with E-state index in [9.17, 15) is 4.79 Å². The van der Waals surface area contributed by atoms with Crippen molar-refractivity contribution in [2.75, 3.05) is 0 Å². The number of aromatic nitrogens is 2. The van der Waals surface area contributed by atoms with E-state index in [1.54, 1.807) is 12.5 Å². The van der Waals surface area contributed by atoms with Crippen LogP contribution in [0.4, 0.5) is 0 Å². The number of rotatable bonds is 3. The summed E-state index contributed by atoms with van der Waals surface area (Å²) in [7, 11) is 0. The van der Waals surface area contributed by atoms with Crippen molar-refractivity contribution < 1.29 is 4.79 Å². The first-order chi connectivity index (χ1) is 5.74. The van der Waals surface area contributed by atoms with Crippen LogP contribution in [0.25, 0.3) is 0 Å². The Kier molecular flexibility index (Phi) is 3.02. The molecule has 1 heterocycles. The number of hydrogen-bond acceptors (Lipinski definition) is 2. The zero-order chi connectivity index (χ0) is 8.97. The van der Waals surface area contributed by atoms with Gasteiger partial charge in [-0.3, -0.25) is 9.36 Å². The van der Waals surface area contributed by atoms with E-state index in [0.717, 1.165) is 25.0 Å². The summed E-state index contributed by atoms with van der Waals surface area (Å²) in [4.78, 5) is 15.0. The highest BCUT2D eigenvalue weighted by molar-refractivity contribution is 5.75. The van der Waals surface area contributed by atoms with Crippen molar-refractivity contribution in [1.29, 1.82) is 0 Å². The summed E-state index contributed by atoms with van der Waals surface area (Å²) in [6, 6.07) is 0. The average Bonchev–Trinajstić information content (AvgIpc) is 2.48. The van der Waals surface area contributed by atoms with Crippen LogP contribution in [0.15, 0.2) is 12.5 Å². The van der Waals surface area contributed by atoms with Gasteiger partial charge in [-0.2, -0.15) is 0 Å². The molecule has 0 aliphatic rings. The maximum Gasteiger partial charge on any atom is 0.228 e. The first kappa shape index (κ1) is 8.97. The largest absolute Gasteiger partial charge is 0.276 e. The Morgan fingerprint density at radius 1 is 1.67 bits per heavy atom. The molecule has 0 unspecified atom stereocenters. The summed E-state index contributed by atoms with van der Waals surface area (Å²) in [6.45, 7) is 3.67. The molecule has 0 radical (unpaired) electrons. The highest BCUT2D eigenvalue weighted by Gasteiger charge is 2.00. The molecule has 0 aromatic carbocycles. The van der Waals surface area contributed by atoms with Crippen molar-refractivity contribution in [1.82, 2.24) is 9.55 Å². The van der Waals surface area contributed by atoms with Crippen molar-refractivity contribution in [3.63, 3.8) is 0 Å². The Morgan fingerprint density at radius 3 is 2.92 bits per heavy atom. The van der Waals surface area contributed by atoms with Crippen LogP contribution in [-0.2, 0) is 6.42 Å². The molecular formula is C9H14N2O. The number of nitrogens with zero attached hydrogens (tertiary/aromatic N) is 2. The van der Waals surface area contributed by atoms with E-state index in [2.05, 4.69) is 11.9 Å². The third-order valence-electron chi connectivity index (χ3n) is 1.79. The fourth-order valence-electron chi connectivity index (χ4n) is 1.02. The van der Waals surface area contributed by atoms with Crippen molar-refractivity contribution >= 4 is 5.91 Å². The average molecular weight is 166 g/mol. The van der Waals surface area contributed by atoms with Gasteiger partial charge < -0.3 is 0 Å². The zero-order valence-electron chi connectivity index (χ0n) is 7.58. The summed E-state index contributed by atoms with van der Waals surface area (Å²) in [6.07, 6.45) is 6.64. The van der Waals surface area contributed by atoms with Gasteiger partial charge in [0.15, 0.2) is 0 Å². The fourth-order valence-corrected chi connectivity index (χ4v) is 1.02. The number of carbonyl (C=O) groups is 1. The first-order valence-corrected chi connectivity index (χ1v) is 4.28. The Balaban J connectivity index is 2.58. The van der Waals surface area contributed by atoms with Gasteiger partial charge in [-0.25, -0.2) is 4.98 Å². The molecular weight excluding hydrogens is 152 g/mol. The van der Waals surface area contributed by atoms with Crippen LogP contribution in [0.1, 0.15) is 37.2 Å². The lowest BCUT2D eigenvalue weighted by atomic mass is 10.2. The smallest absolute Gasteiger partial charge is 0.228 e. The molecule has 0 fully saturated rings. The predicted molar refractivity (Wildman–Crippen MR) is 47.1 cm³/mol. The van der Waals surface area contributed by atoms with Crippen molar-refractivity contribution in [3.8, 4) is 0 Å². The molecule has 0 aliphatic carbocycles. The summed E-state index contributed by atoms with van der Waals surface area (Å²) in [5.74, 6) is 0.0187. The molecule has 0 N–H and O–H groups in total. The lowest BCUT2D eigenvalue weighted by Gasteiger charge is -1.92. The standard InChI is InChI=1S/C9H14N2O/c1-3-4-5-9-6-11(7-10-9)8(2)12/h6-7H,3-5H2,1-2H3. The molecule has 0 atom stereocenters. The summed E-state index contributed by atoms with van der Waals surface area (Å²) >= 11 is 0. The van der Waals surface area contributed by atoms with E-state index >= 15 is 0 Å². The van der Waals surface area contributed by atoms with Gasteiger partial charge in [0.05, 0.1) is 5.69 Å². The van der Waals surface area contributed by atoms with Crippen LogP contribution in [0.2, 0.25) is 0 Å². The summed E-state index contributed by atoms with van der Waals surface area (Å²) < 4.78 is 1.52. The number of imidazole rings is 1. The lowest BCUT2D eigenvalue weighted by Crippen LogP contribution is -2.01. The normalized spacial score (nSPS) is 10.2. The van der Waals surface area contributed by atoms with E-state index in [1.165, 1.54) is 11.5 Å².